The number of methoxy groups -OCH3 is 3. The standard InChI is InChI=1S/C21H28N6O4S/c1-12(2)24-18-14-11-23-27(19(14)26-21(25-18)32-6)8-7-22-20(28)13-9-15(29-3)17(31-5)16(10-13)30-4/h9-12H,7-8H2,1-6H3,(H,22,28)(H,24,25,26). The number of nitrogens with one attached hydrogen (secondary N) is 2. The molecule has 0 saturated heterocycles. The number of carbonyl (C=O) groups excluding carboxylic acids is 1. The molecule has 0 spiro atoms. The second kappa shape index (κ2) is 10.4. The number of hydrogen-bond acceptors (Lipinski definition) is 9. The average Bonchev–Trinajstić information content (AvgIpc) is 3.20. The van der Waals surface area contributed by atoms with E-state index < -0.39 is 0 Å². The van der Waals surface area contributed by atoms with Crippen LogP contribution in [0.25, 0.3) is 11.0 Å². The van der Waals surface area contributed by atoms with Crippen molar-refractivity contribution in [2.45, 2.75) is 31.6 Å². The highest BCUT2D eigenvalue weighted by molar-refractivity contribution is 7.98. The predicted molar refractivity (Wildman–Crippen MR) is 124 cm³/mol. The van der Waals surface area contributed by atoms with Crippen molar-refractivity contribution in [1.82, 2.24) is 25.1 Å². The van der Waals surface area contributed by atoms with Gasteiger partial charge in [-0.05, 0) is 32.2 Å². The molecule has 2 N–H and O–H groups in total. The Morgan fingerprint density at radius 3 is 2.38 bits per heavy atom. The minimum Gasteiger partial charge on any atom is -0.493 e. The number of thioether (sulfide) groups is 1. The lowest BCUT2D eigenvalue weighted by Gasteiger charge is -2.14. The van der Waals surface area contributed by atoms with Crippen LogP contribution in [0, 0.1) is 0 Å². The van der Waals surface area contributed by atoms with Crippen LogP contribution in [0.4, 0.5) is 5.82 Å². The van der Waals surface area contributed by atoms with Crippen molar-refractivity contribution in [1.29, 1.82) is 0 Å². The third-order valence-corrected chi connectivity index (χ3v) is 5.17. The Morgan fingerprint density at radius 1 is 1.12 bits per heavy atom. The first-order chi connectivity index (χ1) is 15.4. The molecule has 0 aliphatic rings. The number of hydrogen-bond donors (Lipinski definition) is 2. The molecule has 0 aliphatic carbocycles. The molecule has 10 nitrogen and oxygen atoms in total. The zero-order valence-electron chi connectivity index (χ0n) is 19.1. The average molecular weight is 461 g/mol. The minimum absolute atomic E-state index is 0.226. The van der Waals surface area contributed by atoms with Gasteiger partial charge >= 0.3 is 0 Å². The molecule has 0 radical (unpaired) electrons. The van der Waals surface area contributed by atoms with E-state index in [1.54, 1.807) is 23.0 Å². The summed E-state index contributed by atoms with van der Waals surface area (Å²) in [5.41, 5.74) is 1.12. The quantitative estimate of drug-likeness (QED) is 0.348. The van der Waals surface area contributed by atoms with Gasteiger partial charge in [0, 0.05) is 18.2 Å². The number of nitrogens with zero attached hydrogens (tertiary/aromatic N) is 4. The minimum atomic E-state index is -0.262. The van der Waals surface area contributed by atoms with Gasteiger partial charge in [0.25, 0.3) is 5.91 Å². The summed E-state index contributed by atoms with van der Waals surface area (Å²) < 4.78 is 17.7. The number of benzene rings is 1. The molecule has 32 heavy (non-hydrogen) atoms. The van der Waals surface area contributed by atoms with E-state index in [1.807, 2.05) is 6.26 Å². The fourth-order valence-corrected chi connectivity index (χ4v) is 3.52. The normalized spacial score (nSPS) is 11.0. The molecule has 0 aliphatic heterocycles. The predicted octanol–water partition coefficient (Wildman–Crippen LogP) is 2.82. The van der Waals surface area contributed by atoms with E-state index in [0.29, 0.717) is 41.1 Å². The van der Waals surface area contributed by atoms with Gasteiger partial charge in [-0.25, -0.2) is 14.6 Å². The number of ether oxygens (including phenoxy) is 3. The summed E-state index contributed by atoms with van der Waals surface area (Å²) in [6.45, 7) is 4.91. The number of fused-ring (bicyclic) bond motifs is 1. The number of anilines is 1. The molecule has 172 valence electrons. The van der Waals surface area contributed by atoms with E-state index in [2.05, 4.69) is 39.5 Å². The van der Waals surface area contributed by atoms with E-state index in [0.717, 1.165) is 16.9 Å². The van der Waals surface area contributed by atoms with Crippen molar-refractivity contribution < 1.29 is 19.0 Å². The lowest BCUT2D eigenvalue weighted by atomic mass is 10.1. The van der Waals surface area contributed by atoms with Gasteiger partial charge in [-0.3, -0.25) is 4.79 Å². The molecule has 0 fully saturated rings. The van der Waals surface area contributed by atoms with Crippen molar-refractivity contribution in [3.8, 4) is 17.2 Å². The molecule has 2 aromatic heterocycles. The van der Waals surface area contributed by atoms with Gasteiger partial charge in [0.15, 0.2) is 22.3 Å². The zero-order chi connectivity index (χ0) is 23.3. The summed E-state index contributed by atoms with van der Waals surface area (Å²) in [6, 6.07) is 3.45. The van der Waals surface area contributed by atoms with Gasteiger partial charge in [0.1, 0.15) is 5.82 Å². The highest BCUT2D eigenvalue weighted by Crippen LogP contribution is 2.38. The smallest absolute Gasteiger partial charge is 0.251 e. The Labute approximate surface area is 191 Å². The van der Waals surface area contributed by atoms with Gasteiger partial charge in [-0.15, -0.1) is 0 Å². The zero-order valence-corrected chi connectivity index (χ0v) is 19.9. The number of aromatic nitrogens is 4. The van der Waals surface area contributed by atoms with Gasteiger partial charge in [-0.1, -0.05) is 11.8 Å². The summed E-state index contributed by atoms with van der Waals surface area (Å²) in [4.78, 5) is 21.9. The fourth-order valence-electron chi connectivity index (χ4n) is 3.16. The Balaban J connectivity index is 1.76. The maximum Gasteiger partial charge on any atom is 0.251 e. The first-order valence-corrected chi connectivity index (χ1v) is 11.3. The van der Waals surface area contributed by atoms with E-state index in [4.69, 9.17) is 14.2 Å². The lowest BCUT2D eigenvalue weighted by Crippen LogP contribution is -2.27. The first kappa shape index (κ1) is 23.5. The van der Waals surface area contributed by atoms with Crippen LogP contribution in [-0.4, -0.2) is 65.8 Å². The molecule has 1 amide bonds. The third kappa shape index (κ3) is 4.98. The lowest BCUT2D eigenvalue weighted by molar-refractivity contribution is 0.0951. The highest BCUT2D eigenvalue weighted by Gasteiger charge is 2.17. The van der Waals surface area contributed by atoms with Crippen molar-refractivity contribution in [3.05, 3.63) is 23.9 Å². The Morgan fingerprint density at radius 2 is 1.81 bits per heavy atom. The van der Waals surface area contributed by atoms with Gasteiger partial charge in [-0.2, -0.15) is 5.10 Å². The number of rotatable bonds is 10. The summed E-state index contributed by atoms with van der Waals surface area (Å²) in [5.74, 6) is 1.76. The van der Waals surface area contributed by atoms with Crippen molar-refractivity contribution in [2.24, 2.45) is 0 Å². The maximum absolute atomic E-state index is 12.7. The van der Waals surface area contributed by atoms with Crippen LogP contribution in [0.2, 0.25) is 0 Å². The van der Waals surface area contributed by atoms with Crippen LogP contribution < -0.4 is 24.8 Å². The SMILES string of the molecule is COc1cc(C(=O)NCCn2ncc3c(NC(C)C)nc(SC)nc32)cc(OC)c1OC. The molecule has 2 heterocycles. The molecule has 3 aromatic rings. The van der Waals surface area contributed by atoms with Crippen LogP contribution in [0.3, 0.4) is 0 Å². The van der Waals surface area contributed by atoms with Crippen molar-refractivity contribution in [2.75, 3.05) is 39.4 Å². The molecule has 3 rings (SSSR count). The second-order valence-corrected chi connectivity index (χ2v) is 7.91. The summed E-state index contributed by atoms with van der Waals surface area (Å²) in [5, 5.41) is 12.2. The molecule has 1 aromatic carbocycles. The van der Waals surface area contributed by atoms with Crippen LogP contribution >= 0.6 is 11.8 Å². The monoisotopic (exact) mass is 460 g/mol. The van der Waals surface area contributed by atoms with Gasteiger partial charge < -0.3 is 24.8 Å². The first-order valence-electron chi connectivity index (χ1n) is 10.0. The fraction of sp³-hybridized carbons (Fsp3) is 0.429. The molecular weight excluding hydrogens is 432 g/mol. The Kier molecular flexibility index (Phi) is 7.62. The van der Waals surface area contributed by atoms with Crippen molar-refractivity contribution >= 4 is 34.5 Å². The van der Waals surface area contributed by atoms with E-state index >= 15 is 0 Å². The number of carbonyl (C=O) groups is 1. The molecular formula is C21H28N6O4S. The molecule has 11 heteroatoms. The largest absolute Gasteiger partial charge is 0.493 e. The summed E-state index contributed by atoms with van der Waals surface area (Å²) in [6.07, 6.45) is 3.67. The van der Waals surface area contributed by atoms with Crippen molar-refractivity contribution in [3.63, 3.8) is 0 Å². The summed E-state index contributed by atoms with van der Waals surface area (Å²) in [7, 11) is 4.53. The molecule has 0 saturated carbocycles. The van der Waals surface area contributed by atoms with Crippen LogP contribution in [0.15, 0.2) is 23.5 Å². The number of amides is 1. The molecule has 0 atom stereocenters. The van der Waals surface area contributed by atoms with Gasteiger partial charge in [0.2, 0.25) is 5.75 Å². The maximum atomic E-state index is 12.7. The Hall–Kier alpha value is -3.21. The van der Waals surface area contributed by atoms with E-state index in [9.17, 15) is 4.79 Å². The highest BCUT2D eigenvalue weighted by atomic mass is 32.2. The van der Waals surface area contributed by atoms with E-state index in [1.165, 1.54) is 33.1 Å². The van der Waals surface area contributed by atoms with E-state index in [-0.39, 0.29) is 11.9 Å². The topological polar surface area (TPSA) is 112 Å². The van der Waals surface area contributed by atoms with Gasteiger partial charge in [0.05, 0.1) is 39.5 Å². The summed E-state index contributed by atoms with van der Waals surface area (Å²) >= 11 is 1.47. The molecule has 0 bridgehead atoms. The Bertz CT molecular complexity index is 1080. The van der Waals surface area contributed by atoms with Crippen LogP contribution in [-0.2, 0) is 6.54 Å². The third-order valence-electron chi connectivity index (χ3n) is 4.62. The van der Waals surface area contributed by atoms with Crippen LogP contribution in [0.5, 0.6) is 17.2 Å². The van der Waals surface area contributed by atoms with Crippen LogP contribution in [0.1, 0.15) is 24.2 Å². The second-order valence-electron chi connectivity index (χ2n) is 7.13. The molecule has 0 unspecified atom stereocenters.